The lowest BCUT2D eigenvalue weighted by molar-refractivity contribution is 0.779. The van der Waals surface area contributed by atoms with Crippen LogP contribution in [0, 0.1) is 0 Å². The van der Waals surface area contributed by atoms with E-state index in [9.17, 15) is 0 Å². The molecule has 0 aliphatic heterocycles. The molecule has 4 nitrogen and oxygen atoms in total. The van der Waals surface area contributed by atoms with Crippen molar-refractivity contribution in [2.24, 2.45) is 4.99 Å². The number of thiazole rings is 1. The number of nitrogens with zero attached hydrogens (tertiary/aromatic N) is 2. The third kappa shape index (κ3) is 6.53. The Hall–Kier alpha value is -1.53. The zero-order valence-electron chi connectivity index (χ0n) is 14.6. The van der Waals surface area contributed by atoms with Gasteiger partial charge in [0.15, 0.2) is 5.96 Å². The van der Waals surface area contributed by atoms with E-state index in [0.717, 1.165) is 31.9 Å². The molecule has 24 heavy (non-hydrogen) atoms. The number of hydrogen-bond donors (Lipinski definition) is 2. The normalized spacial score (nSPS) is 12.9. The average molecular weight is 363 g/mol. The van der Waals surface area contributed by atoms with Crippen molar-refractivity contribution in [3.05, 3.63) is 46.4 Å². The van der Waals surface area contributed by atoms with E-state index in [1.807, 2.05) is 31.1 Å². The van der Waals surface area contributed by atoms with Crippen molar-refractivity contribution in [2.75, 3.05) is 20.1 Å². The van der Waals surface area contributed by atoms with Crippen molar-refractivity contribution >= 4 is 29.1 Å². The Morgan fingerprint density at radius 2 is 2.08 bits per heavy atom. The van der Waals surface area contributed by atoms with Gasteiger partial charge in [0, 0.05) is 47.8 Å². The van der Waals surface area contributed by atoms with E-state index in [-0.39, 0.29) is 0 Å². The van der Waals surface area contributed by atoms with Crippen molar-refractivity contribution < 1.29 is 0 Å². The Morgan fingerprint density at radius 1 is 1.29 bits per heavy atom. The third-order valence-electron chi connectivity index (χ3n) is 3.44. The Bertz CT molecular complexity index is 625. The summed E-state index contributed by atoms with van der Waals surface area (Å²) in [5.74, 6) is 0.850. The van der Waals surface area contributed by atoms with Crippen LogP contribution in [0.2, 0.25) is 0 Å². The first-order chi connectivity index (χ1) is 11.7. The summed E-state index contributed by atoms with van der Waals surface area (Å²) >= 11 is 3.67. The summed E-state index contributed by atoms with van der Waals surface area (Å²) in [6.07, 6.45) is 3.97. The van der Waals surface area contributed by atoms with Gasteiger partial charge in [-0.3, -0.25) is 4.99 Å². The van der Waals surface area contributed by atoms with Crippen LogP contribution in [0.1, 0.15) is 23.7 Å². The number of aliphatic imine (C=N–C) groups is 1. The molecule has 0 radical (unpaired) electrons. The zero-order valence-corrected chi connectivity index (χ0v) is 16.2. The van der Waals surface area contributed by atoms with Gasteiger partial charge in [0.1, 0.15) is 0 Å². The number of rotatable bonds is 8. The molecule has 1 atom stereocenters. The molecule has 1 aromatic heterocycles. The van der Waals surface area contributed by atoms with Crippen molar-refractivity contribution in [1.82, 2.24) is 15.6 Å². The van der Waals surface area contributed by atoms with E-state index < -0.39 is 0 Å². The van der Waals surface area contributed by atoms with Crippen LogP contribution in [0.25, 0.3) is 0 Å². The highest BCUT2D eigenvalue weighted by Crippen LogP contribution is 2.21. The van der Waals surface area contributed by atoms with Gasteiger partial charge >= 0.3 is 0 Å². The van der Waals surface area contributed by atoms with E-state index in [4.69, 9.17) is 0 Å². The minimum atomic E-state index is 0.469. The topological polar surface area (TPSA) is 49.3 Å². The van der Waals surface area contributed by atoms with Gasteiger partial charge in [-0.15, -0.1) is 23.1 Å². The molecule has 6 heteroatoms. The average Bonchev–Trinajstić information content (AvgIpc) is 3.07. The molecule has 1 unspecified atom stereocenters. The van der Waals surface area contributed by atoms with Gasteiger partial charge in [-0.2, -0.15) is 0 Å². The SMILES string of the molecule is CCc1cnc(CCNC(=NC)NCC(C)Sc2ccccc2)s1. The summed E-state index contributed by atoms with van der Waals surface area (Å²) in [6, 6.07) is 10.5. The fourth-order valence-electron chi connectivity index (χ4n) is 2.15. The molecule has 2 rings (SSSR count). The first kappa shape index (κ1) is 18.8. The minimum Gasteiger partial charge on any atom is -0.356 e. The Balaban J connectivity index is 1.68. The predicted molar refractivity (Wildman–Crippen MR) is 106 cm³/mol. The van der Waals surface area contributed by atoms with E-state index in [1.165, 1.54) is 14.8 Å². The molecule has 130 valence electrons. The van der Waals surface area contributed by atoms with Crippen LogP contribution in [0.4, 0.5) is 0 Å². The molecule has 0 bridgehead atoms. The summed E-state index contributed by atoms with van der Waals surface area (Å²) in [5.41, 5.74) is 0. The maximum atomic E-state index is 4.45. The second-order valence-electron chi connectivity index (χ2n) is 5.45. The predicted octanol–water partition coefficient (Wildman–Crippen LogP) is 3.59. The van der Waals surface area contributed by atoms with Crippen LogP contribution in [0.3, 0.4) is 0 Å². The van der Waals surface area contributed by atoms with Gasteiger partial charge in [0.05, 0.1) is 5.01 Å². The zero-order chi connectivity index (χ0) is 17.2. The van der Waals surface area contributed by atoms with E-state index in [2.05, 4.69) is 58.7 Å². The smallest absolute Gasteiger partial charge is 0.191 e. The lowest BCUT2D eigenvalue weighted by Crippen LogP contribution is -2.40. The van der Waals surface area contributed by atoms with Crippen LogP contribution in [0.15, 0.2) is 46.4 Å². The fourth-order valence-corrected chi connectivity index (χ4v) is 3.96. The highest BCUT2D eigenvalue weighted by Gasteiger charge is 2.06. The van der Waals surface area contributed by atoms with Crippen LogP contribution in [-0.4, -0.2) is 36.3 Å². The van der Waals surface area contributed by atoms with Crippen molar-refractivity contribution in [3.63, 3.8) is 0 Å². The minimum absolute atomic E-state index is 0.469. The highest BCUT2D eigenvalue weighted by molar-refractivity contribution is 8.00. The lowest BCUT2D eigenvalue weighted by atomic mass is 10.4. The van der Waals surface area contributed by atoms with E-state index in [0.29, 0.717) is 5.25 Å². The summed E-state index contributed by atoms with van der Waals surface area (Å²) in [4.78, 5) is 11.4. The largest absolute Gasteiger partial charge is 0.356 e. The van der Waals surface area contributed by atoms with E-state index >= 15 is 0 Å². The monoisotopic (exact) mass is 362 g/mol. The van der Waals surface area contributed by atoms with Crippen molar-refractivity contribution in [1.29, 1.82) is 0 Å². The molecule has 0 saturated heterocycles. The maximum Gasteiger partial charge on any atom is 0.191 e. The summed E-state index contributed by atoms with van der Waals surface area (Å²) in [6.45, 7) is 6.10. The van der Waals surface area contributed by atoms with Gasteiger partial charge in [-0.05, 0) is 18.6 Å². The first-order valence-corrected chi connectivity index (χ1v) is 10.0. The molecule has 0 saturated carbocycles. The number of thioether (sulfide) groups is 1. The Kier molecular flexibility index (Phi) is 8.12. The fraction of sp³-hybridized carbons (Fsp3) is 0.444. The Labute approximate surface area is 153 Å². The van der Waals surface area contributed by atoms with Gasteiger partial charge in [0.25, 0.3) is 0 Å². The van der Waals surface area contributed by atoms with Crippen LogP contribution in [-0.2, 0) is 12.8 Å². The molecule has 2 aromatic rings. The van der Waals surface area contributed by atoms with Crippen LogP contribution >= 0.6 is 23.1 Å². The molecule has 0 aliphatic carbocycles. The molecule has 2 N–H and O–H groups in total. The Morgan fingerprint density at radius 3 is 2.75 bits per heavy atom. The number of hydrogen-bond acceptors (Lipinski definition) is 4. The van der Waals surface area contributed by atoms with Gasteiger partial charge < -0.3 is 10.6 Å². The molecule has 0 spiro atoms. The summed E-state index contributed by atoms with van der Waals surface area (Å²) in [7, 11) is 1.81. The molecule has 0 aliphatic rings. The number of guanidine groups is 1. The van der Waals surface area contributed by atoms with Crippen LogP contribution in [0.5, 0.6) is 0 Å². The second kappa shape index (κ2) is 10.4. The standard InChI is InChI=1S/C18H26N4S2/c1-4-15-13-21-17(24-15)10-11-20-18(19-3)22-12-14(2)23-16-8-6-5-7-9-16/h5-9,13-14H,4,10-12H2,1-3H3,(H2,19,20,22). The van der Waals surface area contributed by atoms with Crippen molar-refractivity contribution in [3.8, 4) is 0 Å². The van der Waals surface area contributed by atoms with Crippen molar-refractivity contribution in [2.45, 2.75) is 36.8 Å². The summed E-state index contributed by atoms with van der Waals surface area (Å²) < 4.78 is 0. The van der Waals surface area contributed by atoms with Crippen LogP contribution < -0.4 is 10.6 Å². The number of nitrogens with one attached hydrogen (secondary N) is 2. The molecule has 0 fully saturated rings. The van der Waals surface area contributed by atoms with Gasteiger partial charge in [-0.1, -0.05) is 32.0 Å². The van der Waals surface area contributed by atoms with Gasteiger partial charge in [0.2, 0.25) is 0 Å². The highest BCUT2D eigenvalue weighted by atomic mass is 32.2. The van der Waals surface area contributed by atoms with Gasteiger partial charge in [-0.25, -0.2) is 4.98 Å². The lowest BCUT2D eigenvalue weighted by Gasteiger charge is -2.15. The molecule has 0 amide bonds. The quantitative estimate of drug-likeness (QED) is 0.428. The molecular weight excluding hydrogens is 336 g/mol. The van der Waals surface area contributed by atoms with E-state index in [1.54, 1.807) is 11.3 Å². The number of aromatic nitrogens is 1. The number of benzene rings is 1. The number of aryl methyl sites for hydroxylation is 1. The molecule has 1 heterocycles. The maximum absolute atomic E-state index is 4.45. The second-order valence-corrected chi connectivity index (χ2v) is 8.16. The summed E-state index contributed by atoms with van der Waals surface area (Å²) in [5, 5.41) is 8.41. The molecular formula is C18H26N4S2. The third-order valence-corrected chi connectivity index (χ3v) is 5.76. The molecule has 1 aromatic carbocycles. The first-order valence-electron chi connectivity index (χ1n) is 8.31.